The number of nitrogens with zero attached hydrogens (tertiary/aromatic N) is 5. The Labute approximate surface area is 159 Å². The molecule has 0 aliphatic carbocycles. The highest BCUT2D eigenvalue weighted by atomic mass is 16.5. The summed E-state index contributed by atoms with van der Waals surface area (Å²) < 4.78 is 12.7. The number of benzene rings is 1. The number of carbonyl (C=O) groups excluding carboxylic acids is 1. The molecule has 1 fully saturated rings. The Morgan fingerprint density at radius 2 is 2.25 bits per heavy atom. The average molecular weight is 378 g/mol. The fraction of sp³-hybridized carbons (Fsp3) is 0.263. The van der Waals surface area contributed by atoms with Crippen molar-refractivity contribution in [1.82, 2.24) is 25.1 Å². The molecule has 0 radical (unpaired) electrons. The first-order valence-electron chi connectivity index (χ1n) is 9.01. The molecule has 9 heteroatoms. The molecule has 28 heavy (non-hydrogen) atoms. The number of amides is 1. The van der Waals surface area contributed by atoms with Gasteiger partial charge in [0, 0.05) is 24.5 Å². The maximum atomic E-state index is 12.7. The van der Waals surface area contributed by atoms with E-state index in [1.165, 1.54) is 0 Å². The molecular weight excluding hydrogens is 360 g/mol. The Morgan fingerprint density at radius 1 is 1.32 bits per heavy atom. The summed E-state index contributed by atoms with van der Waals surface area (Å²) in [7, 11) is 1.58. The van der Waals surface area contributed by atoms with Crippen LogP contribution in [0.1, 0.15) is 17.0 Å². The highest BCUT2D eigenvalue weighted by molar-refractivity contribution is 5.97. The second-order valence-electron chi connectivity index (χ2n) is 6.72. The summed E-state index contributed by atoms with van der Waals surface area (Å²) in [5.74, 6) is 1.49. The first-order chi connectivity index (χ1) is 13.7. The van der Waals surface area contributed by atoms with Gasteiger partial charge in [-0.3, -0.25) is 4.79 Å². The van der Waals surface area contributed by atoms with Crippen molar-refractivity contribution in [1.29, 1.82) is 0 Å². The maximum Gasteiger partial charge on any atom is 0.287 e. The number of carbonyl (C=O) groups is 1. The molecule has 142 valence electrons. The van der Waals surface area contributed by atoms with Crippen LogP contribution in [0.25, 0.3) is 16.6 Å². The van der Waals surface area contributed by atoms with Crippen LogP contribution in [0.4, 0.5) is 5.82 Å². The SMILES string of the molecule is COc1cccc2cc(C(=O)N[C@@H]3CCN(c4ccc5nncn5n4)C3)oc12. The molecule has 3 aromatic heterocycles. The molecule has 0 unspecified atom stereocenters. The summed E-state index contributed by atoms with van der Waals surface area (Å²) in [6.07, 6.45) is 2.40. The molecule has 0 bridgehead atoms. The van der Waals surface area contributed by atoms with Crippen LogP contribution in [0.15, 0.2) is 47.1 Å². The summed E-state index contributed by atoms with van der Waals surface area (Å²) in [6, 6.07) is 11.1. The topological polar surface area (TPSA) is 97.8 Å². The molecule has 1 aromatic carbocycles. The molecule has 5 rings (SSSR count). The quantitative estimate of drug-likeness (QED) is 0.579. The molecule has 4 aromatic rings. The molecule has 0 spiro atoms. The van der Waals surface area contributed by atoms with Gasteiger partial charge >= 0.3 is 0 Å². The minimum atomic E-state index is -0.229. The van der Waals surface area contributed by atoms with Crippen molar-refractivity contribution in [3.8, 4) is 5.75 Å². The van der Waals surface area contributed by atoms with E-state index < -0.39 is 0 Å². The van der Waals surface area contributed by atoms with E-state index in [-0.39, 0.29) is 17.7 Å². The molecular formula is C19H18N6O3. The Bertz CT molecular complexity index is 1170. The smallest absolute Gasteiger partial charge is 0.287 e. The number of hydrogen-bond donors (Lipinski definition) is 1. The fourth-order valence-electron chi connectivity index (χ4n) is 3.54. The second-order valence-corrected chi connectivity index (χ2v) is 6.72. The number of para-hydroxylation sites is 1. The first-order valence-corrected chi connectivity index (χ1v) is 9.01. The lowest BCUT2D eigenvalue weighted by Gasteiger charge is -2.17. The van der Waals surface area contributed by atoms with E-state index in [4.69, 9.17) is 9.15 Å². The average Bonchev–Trinajstić information content (AvgIpc) is 3.45. The molecule has 1 atom stereocenters. The number of anilines is 1. The van der Waals surface area contributed by atoms with E-state index >= 15 is 0 Å². The van der Waals surface area contributed by atoms with Gasteiger partial charge in [-0.1, -0.05) is 12.1 Å². The van der Waals surface area contributed by atoms with Gasteiger partial charge in [0.1, 0.15) is 12.1 Å². The van der Waals surface area contributed by atoms with Gasteiger partial charge in [-0.25, -0.2) is 0 Å². The molecule has 0 saturated carbocycles. The standard InChI is InChI=1S/C19H18N6O3/c1-27-14-4-2-3-12-9-15(28-18(12)14)19(26)21-13-7-8-24(10-13)17-6-5-16-22-20-11-25(16)23-17/h2-6,9,11,13H,7-8,10H2,1H3,(H,21,26)/t13-/m1/s1. The number of rotatable bonds is 4. The Hall–Kier alpha value is -3.62. The largest absolute Gasteiger partial charge is 0.493 e. The lowest BCUT2D eigenvalue weighted by Crippen LogP contribution is -2.37. The van der Waals surface area contributed by atoms with Gasteiger partial charge in [-0.2, -0.15) is 4.52 Å². The van der Waals surface area contributed by atoms with Gasteiger partial charge < -0.3 is 19.4 Å². The van der Waals surface area contributed by atoms with E-state index in [1.54, 1.807) is 24.0 Å². The van der Waals surface area contributed by atoms with Crippen molar-refractivity contribution < 1.29 is 13.9 Å². The third-order valence-electron chi connectivity index (χ3n) is 4.95. The fourth-order valence-corrected chi connectivity index (χ4v) is 3.54. The molecule has 4 heterocycles. The van der Waals surface area contributed by atoms with Crippen molar-refractivity contribution >= 4 is 28.3 Å². The minimum absolute atomic E-state index is 0.0148. The third kappa shape index (κ3) is 2.81. The lowest BCUT2D eigenvalue weighted by molar-refractivity contribution is 0.0914. The van der Waals surface area contributed by atoms with Crippen LogP contribution < -0.4 is 15.0 Å². The van der Waals surface area contributed by atoms with Crippen molar-refractivity contribution in [2.24, 2.45) is 0 Å². The summed E-state index contributed by atoms with van der Waals surface area (Å²) in [6.45, 7) is 1.48. The third-order valence-corrected chi connectivity index (χ3v) is 4.95. The van der Waals surface area contributed by atoms with E-state index in [9.17, 15) is 4.79 Å². The molecule has 9 nitrogen and oxygen atoms in total. The zero-order valence-electron chi connectivity index (χ0n) is 15.2. The first kappa shape index (κ1) is 16.5. The zero-order valence-corrected chi connectivity index (χ0v) is 15.2. The van der Waals surface area contributed by atoms with E-state index in [0.717, 1.165) is 24.2 Å². The molecule has 1 aliphatic heterocycles. The Morgan fingerprint density at radius 3 is 3.14 bits per heavy atom. The number of methoxy groups -OCH3 is 1. The van der Waals surface area contributed by atoms with E-state index in [1.807, 2.05) is 30.3 Å². The van der Waals surface area contributed by atoms with Crippen molar-refractivity contribution in [2.75, 3.05) is 25.1 Å². The van der Waals surface area contributed by atoms with Crippen LogP contribution in [0.3, 0.4) is 0 Å². The van der Waals surface area contributed by atoms with Gasteiger partial charge in [0.05, 0.1) is 7.11 Å². The van der Waals surface area contributed by atoms with Gasteiger partial charge in [0.2, 0.25) is 0 Å². The minimum Gasteiger partial charge on any atom is -0.493 e. The number of nitrogens with one attached hydrogen (secondary N) is 1. The van der Waals surface area contributed by atoms with Crippen LogP contribution in [0, 0.1) is 0 Å². The molecule has 1 aliphatic rings. The number of aromatic nitrogens is 4. The van der Waals surface area contributed by atoms with Crippen molar-refractivity contribution in [3.05, 3.63) is 48.5 Å². The summed E-state index contributed by atoms with van der Waals surface area (Å²) in [4.78, 5) is 14.8. The van der Waals surface area contributed by atoms with Crippen LogP contribution in [-0.2, 0) is 0 Å². The van der Waals surface area contributed by atoms with Gasteiger partial charge in [-0.05, 0) is 30.7 Å². The molecule has 1 N–H and O–H groups in total. The maximum absolute atomic E-state index is 12.7. The van der Waals surface area contributed by atoms with E-state index in [2.05, 4.69) is 25.5 Å². The second kappa shape index (κ2) is 6.52. The highest BCUT2D eigenvalue weighted by Gasteiger charge is 2.26. The number of hydrogen-bond acceptors (Lipinski definition) is 7. The lowest BCUT2D eigenvalue weighted by atomic mass is 10.2. The predicted molar refractivity (Wildman–Crippen MR) is 102 cm³/mol. The number of fused-ring (bicyclic) bond motifs is 2. The van der Waals surface area contributed by atoms with Crippen LogP contribution in [-0.4, -0.2) is 52.0 Å². The number of furan rings is 1. The highest BCUT2D eigenvalue weighted by Crippen LogP contribution is 2.28. The molecule has 1 amide bonds. The van der Waals surface area contributed by atoms with Gasteiger partial charge in [0.15, 0.2) is 22.7 Å². The van der Waals surface area contributed by atoms with Crippen LogP contribution in [0.2, 0.25) is 0 Å². The van der Waals surface area contributed by atoms with Crippen molar-refractivity contribution in [2.45, 2.75) is 12.5 Å². The van der Waals surface area contributed by atoms with Crippen LogP contribution >= 0.6 is 0 Å². The van der Waals surface area contributed by atoms with E-state index in [0.29, 0.717) is 23.5 Å². The Balaban J connectivity index is 1.29. The normalized spacial score (nSPS) is 16.8. The summed E-state index contributed by atoms with van der Waals surface area (Å²) in [5, 5.41) is 16.2. The monoisotopic (exact) mass is 378 g/mol. The Kier molecular flexibility index (Phi) is 3.85. The predicted octanol–water partition coefficient (Wildman–Crippen LogP) is 1.89. The van der Waals surface area contributed by atoms with Crippen LogP contribution in [0.5, 0.6) is 5.75 Å². The van der Waals surface area contributed by atoms with Crippen molar-refractivity contribution in [3.63, 3.8) is 0 Å². The zero-order chi connectivity index (χ0) is 19.1. The van der Waals surface area contributed by atoms with Gasteiger partial charge in [0.25, 0.3) is 5.91 Å². The molecule has 1 saturated heterocycles. The van der Waals surface area contributed by atoms with Gasteiger partial charge in [-0.15, -0.1) is 15.3 Å². The number of ether oxygens (including phenoxy) is 1. The summed E-state index contributed by atoms with van der Waals surface area (Å²) >= 11 is 0. The summed E-state index contributed by atoms with van der Waals surface area (Å²) in [5.41, 5.74) is 1.28.